The maximum atomic E-state index is 13.1. The van der Waals surface area contributed by atoms with Crippen LogP contribution in [0.5, 0.6) is 11.5 Å². The average molecular weight is 495 g/mol. The Morgan fingerprint density at radius 3 is 2.59 bits per heavy atom. The first kappa shape index (κ1) is 21.8. The lowest BCUT2D eigenvalue weighted by Gasteiger charge is -2.40. The van der Waals surface area contributed by atoms with E-state index in [1.807, 2.05) is 23.9 Å². The van der Waals surface area contributed by atoms with Gasteiger partial charge in [0.25, 0.3) is 0 Å². The summed E-state index contributed by atoms with van der Waals surface area (Å²) in [6, 6.07) is 14.6. The van der Waals surface area contributed by atoms with E-state index in [1.165, 1.54) is 48.3 Å². The molecule has 2 aromatic carbocycles. The van der Waals surface area contributed by atoms with Crippen LogP contribution >= 0.6 is 23.1 Å². The Morgan fingerprint density at radius 1 is 1.12 bits per heavy atom. The van der Waals surface area contributed by atoms with Gasteiger partial charge < -0.3 is 15.2 Å². The number of aromatic hydroxyl groups is 1. The maximum Gasteiger partial charge on any atom is 0.308 e. The SMILES string of the molecule is COc1ccc([C@@H]2c3sc(=O)n(CC(=O)Nc4ccc(O)cc4)c3S[C@@H]3[C@H]4CC[C@@H](C4)[C@@H]23)cc1. The molecule has 34 heavy (non-hydrogen) atoms. The van der Waals surface area contributed by atoms with Gasteiger partial charge in [0.2, 0.25) is 5.91 Å². The highest BCUT2D eigenvalue weighted by atomic mass is 32.2. The molecule has 0 saturated heterocycles. The molecule has 2 fully saturated rings. The van der Waals surface area contributed by atoms with Crippen molar-refractivity contribution >= 4 is 34.7 Å². The number of anilines is 1. The number of thioether (sulfide) groups is 1. The number of phenols is 1. The van der Waals surface area contributed by atoms with Gasteiger partial charge in [0.05, 0.1) is 12.1 Å². The monoisotopic (exact) mass is 494 g/mol. The second kappa shape index (κ2) is 8.50. The molecule has 1 aromatic heterocycles. The molecule has 2 N–H and O–H groups in total. The highest BCUT2D eigenvalue weighted by Gasteiger charge is 2.55. The Hall–Kier alpha value is -2.71. The van der Waals surface area contributed by atoms with Crippen molar-refractivity contribution in [2.45, 2.75) is 42.0 Å². The molecule has 2 bridgehead atoms. The summed E-state index contributed by atoms with van der Waals surface area (Å²) in [5.41, 5.74) is 1.82. The lowest BCUT2D eigenvalue weighted by molar-refractivity contribution is -0.116. The molecular weight excluding hydrogens is 468 g/mol. The van der Waals surface area contributed by atoms with E-state index in [1.54, 1.807) is 23.8 Å². The van der Waals surface area contributed by atoms with Crippen LogP contribution in [-0.4, -0.2) is 27.9 Å². The van der Waals surface area contributed by atoms with Crippen LogP contribution in [0.2, 0.25) is 0 Å². The minimum absolute atomic E-state index is 0.0145. The van der Waals surface area contributed by atoms with Crippen LogP contribution in [0.3, 0.4) is 0 Å². The topological polar surface area (TPSA) is 80.6 Å². The molecule has 2 aliphatic carbocycles. The first-order chi connectivity index (χ1) is 16.5. The van der Waals surface area contributed by atoms with Crippen molar-refractivity contribution in [1.82, 2.24) is 4.57 Å². The molecule has 8 heteroatoms. The summed E-state index contributed by atoms with van der Waals surface area (Å²) < 4.78 is 7.04. The number of thiazole rings is 1. The zero-order valence-electron chi connectivity index (χ0n) is 18.8. The normalized spacial score (nSPS) is 26.7. The number of aromatic nitrogens is 1. The number of hydrogen-bond acceptors (Lipinski definition) is 6. The summed E-state index contributed by atoms with van der Waals surface area (Å²) in [7, 11) is 1.67. The van der Waals surface area contributed by atoms with Crippen molar-refractivity contribution in [1.29, 1.82) is 0 Å². The van der Waals surface area contributed by atoms with Gasteiger partial charge in [-0.25, -0.2) is 0 Å². The van der Waals surface area contributed by atoms with E-state index in [4.69, 9.17) is 4.74 Å². The standard InChI is InChI=1S/C26H26N2O4S2/c1-32-19-10-4-14(5-11-19)21-22-15-2-3-16(12-15)23(22)33-25-24(21)34-26(31)28(25)13-20(30)27-17-6-8-18(29)9-7-17/h4-11,15-16,21-23,29H,2-3,12-13H2,1H3,(H,27,30)/t15-,16-,21-,22-,23+/m0/s1. The quantitative estimate of drug-likeness (QED) is 0.493. The number of amides is 1. The van der Waals surface area contributed by atoms with Gasteiger partial charge in [-0.2, -0.15) is 0 Å². The fourth-order valence-corrected chi connectivity index (χ4v) is 9.31. The fraction of sp³-hybridized carbons (Fsp3) is 0.385. The van der Waals surface area contributed by atoms with E-state index in [-0.39, 0.29) is 29.0 Å². The molecule has 176 valence electrons. The number of rotatable bonds is 5. The number of hydrogen-bond donors (Lipinski definition) is 2. The van der Waals surface area contributed by atoms with Crippen LogP contribution in [0.25, 0.3) is 0 Å². The number of nitrogens with one attached hydrogen (secondary N) is 1. The number of carbonyl (C=O) groups excluding carboxylic acids is 1. The summed E-state index contributed by atoms with van der Waals surface area (Å²) in [6.45, 7) is -0.0145. The third-order valence-corrected chi connectivity index (χ3v) is 10.4. The predicted octanol–water partition coefficient (Wildman–Crippen LogP) is 4.92. The van der Waals surface area contributed by atoms with Crippen molar-refractivity contribution in [3.63, 3.8) is 0 Å². The summed E-state index contributed by atoms with van der Waals surface area (Å²) in [5.74, 6) is 2.82. The van der Waals surface area contributed by atoms with Gasteiger partial charge in [-0.1, -0.05) is 23.5 Å². The smallest absolute Gasteiger partial charge is 0.308 e. The lowest BCUT2D eigenvalue weighted by atomic mass is 9.75. The van der Waals surface area contributed by atoms with Crippen molar-refractivity contribution in [2.24, 2.45) is 17.8 Å². The Morgan fingerprint density at radius 2 is 1.85 bits per heavy atom. The summed E-state index contributed by atoms with van der Waals surface area (Å²) >= 11 is 3.13. The molecule has 3 aromatic rings. The van der Waals surface area contributed by atoms with E-state index >= 15 is 0 Å². The van der Waals surface area contributed by atoms with E-state index in [0.29, 0.717) is 28.7 Å². The van der Waals surface area contributed by atoms with Gasteiger partial charge in [0, 0.05) is 21.7 Å². The molecule has 6 rings (SSSR count). The van der Waals surface area contributed by atoms with Crippen LogP contribution in [0.15, 0.2) is 58.4 Å². The van der Waals surface area contributed by atoms with Crippen molar-refractivity contribution in [2.75, 3.05) is 12.4 Å². The first-order valence-electron chi connectivity index (χ1n) is 11.6. The van der Waals surface area contributed by atoms with Crippen molar-refractivity contribution in [3.8, 4) is 11.5 Å². The second-order valence-corrected chi connectivity index (χ2v) is 11.6. The minimum atomic E-state index is -0.245. The zero-order chi connectivity index (χ0) is 23.4. The van der Waals surface area contributed by atoms with Gasteiger partial charge in [0.15, 0.2) is 0 Å². The van der Waals surface area contributed by atoms with Crippen LogP contribution in [-0.2, 0) is 11.3 Å². The second-order valence-electron chi connectivity index (χ2n) is 9.46. The molecule has 0 spiro atoms. The van der Waals surface area contributed by atoms with E-state index in [2.05, 4.69) is 17.4 Å². The van der Waals surface area contributed by atoms with Gasteiger partial charge in [-0.05, 0) is 79.0 Å². The Balaban J connectivity index is 1.35. The Bertz CT molecular complexity index is 1280. The van der Waals surface area contributed by atoms with Crippen LogP contribution < -0.4 is 14.9 Å². The van der Waals surface area contributed by atoms with E-state index < -0.39 is 0 Å². The average Bonchev–Trinajstić information content (AvgIpc) is 3.54. The number of nitrogens with zero attached hydrogens (tertiary/aromatic N) is 1. The Kier molecular flexibility index (Phi) is 5.45. The number of benzene rings is 2. The maximum absolute atomic E-state index is 13.1. The largest absolute Gasteiger partial charge is 0.508 e. The molecular formula is C26H26N2O4S2. The molecule has 0 unspecified atom stereocenters. The molecule has 0 radical (unpaired) electrons. The predicted molar refractivity (Wildman–Crippen MR) is 134 cm³/mol. The number of phenolic OH excluding ortho intramolecular Hbond substituents is 1. The van der Waals surface area contributed by atoms with Crippen LogP contribution in [0.1, 0.15) is 35.6 Å². The van der Waals surface area contributed by atoms with Gasteiger partial charge in [0.1, 0.15) is 18.0 Å². The first-order valence-corrected chi connectivity index (χ1v) is 13.3. The van der Waals surface area contributed by atoms with Gasteiger partial charge in [-0.3, -0.25) is 14.2 Å². The van der Waals surface area contributed by atoms with E-state index in [9.17, 15) is 14.7 Å². The number of methoxy groups -OCH3 is 1. The van der Waals surface area contributed by atoms with Crippen LogP contribution in [0, 0.1) is 17.8 Å². The van der Waals surface area contributed by atoms with E-state index in [0.717, 1.165) is 15.7 Å². The zero-order valence-corrected chi connectivity index (χ0v) is 20.4. The fourth-order valence-electron chi connectivity index (χ4n) is 6.16. The number of ether oxygens (including phenoxy) is 1. The molecule has 2 heterocycles. The summed E-state index contributed by atoms with van der Waals surface area (Å²) in [5, 5.41) is 13.8. The Labute approximate surface area is 206 Å². The molecule has 3 aliphatic rings. The number of fused-ring (bicyclic) bond motifs is 6. The third kappa shape index (κ3) is 3.64. The minimum Gasteiger partial charge on any atom is -0.508 e. The lowest BCUT2D eigenvalue weighted by Crippen LogP contribution is -2.34. The number of carbonyl (C=O) groups is 1. The third-order valence-electron chi connectivity index (χ3n) is 7.62. The highest BCUT2D eigenvalue weighted by Crippen LogP contribution is 2.64. The van der Waals surface area contributed by atoms with Crippen molar-refractivity contribution < 1.29 is 14.6 Å². The molecule has 6 nitrogen and oxygen atoms in total. The van der Waals surface area contributed by atoms with Crippen molar-refractivity contribution in [3.05, 3.63) is 68.6 Å². The molecule has 1 aliphatic heterocycles. The summed E-state index contributed by atoms with van der Waals surface area (Å²) in [6.07, 6.45) is 3.81. The summed E-state index contributed by atoms with van der Waals surface area (Å²) in [4.78, 5) is 27.0. The molecule has 2 saturated carbocycles. The molecule has 5 atom stereocenters. The van der Waals surface area contributed by atoms with Gasteiger partial charge in [-0.15, -0.1) is 11.8 Å². The van der Waals surface area contributed by atoms with Crippen LogP contribution in [0.4, 0.5) is 5.69 Å². The highest BCUT2D eigenvalue weighted by molar-refractivity contribution is 8.00. The molecule has 1 amide bonds. The van der Waals surface area contributed by atoms with Gasteiger partial charge >= 0.3 is 4.87 Å².